The summed E-state index contributed by atoms with van der Waals surface area (Å²) in [5, 5.41) is 6.75. The van der Waals surface area contributed by atoms with Crippen molar-refractivity contribution in [2.45, 2.75) is 4.90 Å². The molecule has 0 radical (unpaired) electrons. The lowest BCUT2D eigenvalue weighted by atomic mass is 10.2. The fourth-order valence-corrected chi connectivity index (χ4v) is 2.22. The third-order valence-electron chi connectivity index (χ3n) is 2.42. The van der Waals surface area contributed by atoms with E-state index >= 15 is 0 Å². The number of aromatic amines is 1. The highest BCUT2D eigenvalue weighted by Crippen LogP contribution is 2.18. The van der Waals surface area contributed by atoms with Crippen molar-refractivity contribution in [2.24, 2.45) is 7.05 Å². The number of aromatic nitrogens is 3. The quantitative estimate of drug-likeness (QED) is 0.840. The predicted molar refractivity (Wildman–Crippen MR) is 66.9 cm³/mol. The lowest BCUT2D eigenvalue weighted by Crippen LogP contribution is -1.97. The van der Waals surface area contributed by atoms with Crippen LogP contribution in [0.5, 0.6) is 0 Å². The number of nitrogens with zero attached hydrogens (tertiary/aromatic N) is 2. The molecule has 0 aliphatic carbocycles. The van der Waals surface area contributed by atoms with Crippen LogP contribution in [0, 0.1) is 4.77 Å². The highest BCUT2D eigenvalue weighted by Gasteiger charge is 2.09. The van der Waals surface area contributed by atoms with Gasteiger partial charge in [-0.15, -0.1) is 0 Å². The summed E-state index contributed by atoms with van der Waals surface area (Å²) in [6, 6.07) is 6.54. The van der Waals surface area contributed by atoms with Crippen LogP contribution in [0.3, 0.4) is 0 Å². The number of nitrogens with one attached hydrogen (secondary N) is 1. The van der Waals surface area contributed by atoms with E-state index in [1.54, 1.807) is 35.9 Å². The molecule has 17 heavy (non-hydrogen) atoms. The second kappa shape index (κ2) is 4.08. The van der Waals surface area contributed by atoms with E-state index in [1.165, 1.54) is 6.26 Å². The van der Waals surface area contributed by atoms with Crippen LogP contribution in [-0.4, -0.2) is 29.4 Å². The lowest BCUT2D eigenvalue weighted by molar-refractivity contribution is 0.602. The molecule has 2 aromatic rings. The number of hydrogen-bond acceptors (Lipinski definition) is 4. The summed E-state index contributed by atoms with van der Waals surface area (Å²) in [6.45, 7) is 0. The molecule has 0 bridgehead atoms. The largest absolute Gasteiger partial charge is 0.303 e. The minimum absolute atomic E-state index is 0.290. The van der Waals surface area contributed by atoms with Gasteiger partial charge in [0.15, 0.2) is 20.4 Å². The third-order valence-corrected chi connectivity index (χ3v) is 3.91. The minimum Gasteiger partial charge on any atom is -0.303 e. The molecule has 1 aromatic heterocycles. The summed E-state index contributed by atoms with van der Waals surface area (Å²) < 4.78 is 24.9. The second-order valence-corrected chi connectivity index (χ2v) is 6.11. The Bertz CT molecular complexity index is 696. The first-order valence-electron chi connectivity index (χ1n) is 4.81. The lowest BCUT2D eigenvalue weighted by Gasteiger charge is -2.02. The molecule has 1 heterocycles. The van der Waals surface area contributed by atoms with E-state index < -0.39 is 9.84 Å². The van der Waals surface area contributed by atoms with Gasteiger partial charge in [-0.05, 0) is 36.5 Å². The summed E-state index contributed by atoms with van der Waals surface area (Å²) in [5.41, 5.74) is 0.812. The van der Waals surface area contributed by atoms with E-state index in [2.05, 4.69) is 10.2 Å². The molecule has 90 valence electrons. The van der Waals surface area contributed by atoms with Gasteiger partial charge < -0.3 is 4.57 Å². The van der Waals surface area contributed by atoms with E-state index in [1.807, 2.05) is 0 Å². The average Bonchev–Trinajstić information content (AvgIpc) is 2.59. The maximum absolute atomic E-state index is 11.3. The molecule has 5 nitrogen and oxygen atoms in total. The Morgan fingerprint density at radius 2 is 1.88 bits per heavy atom. The molecule has 0 aliphatic heterocycles. The second-order valence-electron chi connectivity index (χ2n) is 3.71. The van der Waals surface area contributed by atoms with Gasteiger partial charge in [-0.1, -0.05) is 0 Å². The van der Waals surface area contributed by atoms with Gasteiger partial charge in [-0.25, -0.2) is 8.42 Å². The van der Waals surface area contributed by atoms with Crippen molar-refractivity contribution >= 4 is 22.1 Å². The first-order valence-corrected chi connectivity index (χ1v) is 7.11. The monoisotopic (exact) mass is 269 g/mol. The van der Waals surface area contributed by atoms with Gasteiger partial charge in [0.05, 0.1) is 4.90 Å². The van der Waals surface area contributed by atoms with E-state index in [-0.39, 0.29) is 4.90 Å². The normalized spacial score (nSPS) is 11.6. The van der Waals surface area contributed by atoms with Crippen molar-refractivity contribution in [1.29, 1.82) is 0 Å². The van der Waals surface area contributed by atoms with Crippen molar-refractivity contribution in [3.63, 3.8) is 0 Å². The molecule has 0 atom stereocenters. The average molecular weight is 269 g/mol. The van der Waals surface area contributed by atoms with E-state index in [4.69, 9.17) is 12.2 Å². The predicted octanol–water partition coefficient (Wildman–Crippen LogP) is 1.55. The highest BCUT2D eigenvalue weighted by molar-refractivity contribution is 7.90. The Balaban J connectivity index is 2.50. The van der Waals surface area contributed by atoms with Crippen LogP contribution in [0.2, 0.25) is 0 Å². The van der Waals surface area contributed by atoms with Crippen LogP contribution in [0.1, 0.15) is 0 Å². The molecule has 0 amide bonds. The maximum atomic E-state index is 11.3. The van der Waals surface area contributed by atoms with Gasteiger partial charge in [-0.3, -0.25) is 5.10 Å². The molecule has 0 saturated heterocycles. The maximum Gasteiger partial charge on any atom is 0.195 e. The number of hydrogen-bond donors (Lipinski definition) is 1. The number of sulfone groups is 1. The zero-order chi connectivity index (χ0) is 12.6. The van der Waals surface area contributed by atoms with Crippen LogP contribution in [0.4, 0.5) is 0 Å². The number of rotatable bonds is 2. The van der Waals surface area contributed by atoms with Gasteiger partial charge >= 0.3 is 0 Å². The molecule has 0 fully saturated rings. The Kier molecular flexibility index (Phi) is 2.88. The topological polar surface area (TPSA) is 67.8 Å². The molecule has 0 aliphatic rings. The van der Waals surface area contributed by atoms with Crippen molar-refractivity contribution in [3.05, 3.63) is 29.0 Å². The molecule has 1 aromatic carbocycles. The zero-order valence-corrected chi connectivity index (χ0v) is 11.0. The fourth-order valence-electron chi connectivity index (χ4n) is 1.46. The van der Waals surface area contributed by atoms with Gasteiger partial charge in [0.1, 0.15) is 0 Å². The van der Waals surface area contributed by atoms with Crippen LogP contribution >= 0.6 is 12.2 Å². The van der Waals surface area contributed by atoms with E-state index in [0.29, 0.717) is 10.6 Å². The summed E-state index contributed by atoms with van der Waals surface area (Å²) in [5.74, 6) is 0.676. The number of benzene rings is 1. The SMILES string of the molecule is Cn1c(-c2ccc(S(C)(=O)=O)cc2)n[nH]c1=S. The summed E-state index contributed by atoms with van der Waals surface area (Å²) in [6.07, 6.45) is 1.18. The molecule has 0 spiro atoms. The van der Waals surface area contributed by atoms with E-state index in [0.717, 1.165) is 5.56 Å². The van der Waals surface area contributed by atoms with Crippen LogP contribution < -0.4 is 0 Å². The molecule has 2 rings (SSSR count). The molecule has 0 unspecified atom stereocenters. The van der Waals surface area contributed by atoms with Gasteiger partial charge in [-0.2, -0.15) is 5.10 Å². The Morgan fingerprint density at radius 1 is 1.29 bits per heavy atom. The minimum atomic E-state index is -3.16. The van der Waals surface area contributed by atoms with Crippen molar-refractivity contribution in [3.8, 4) is 11.4 Å². The van der Waals surface area contributed by atoms with Gasteiger partial charge in [0.2, 0.25) is 0 Å². The van der Waals surface area contributed by atoms with Crippen LogP contribution in [0.15, 0.2) is 29.2 Å². The van der Waals surface area contributed by atoms with Gasteiger partial charge in [0.25, 0.3) is 0 Å². The Labute approximate surface area is 104 Å². The molecular formula is C10H11N3O2S2. The standard InChI is InChI=1S/C10H11N3O2S2/c1-13-9(11-12-10(13)16)7-3-5-8(6-4-7)17(2,14)15/h3-6H,1-2H3,(H,12,16). The molecular weight excluding hydrogens is 258 g/mol. The van der Waals surface area contributed by atoms with Crippen molar-refractivity contribution < 1.29 is 8.42 Å². The van der Waals surface area contributed by atoms with Crippen LogP contribution in [-0.2, 0) is 16.9 Å². The highest BCUT2D eigenvalue weighted by atomic mass is 32.2. The van der Waals surface area contributed by atoms with E-state index in [9.17, 15) is 8.42 Å². The molecule has 1 N–H and O–H groups in total. The summed E-state index contributed by atoms with van der Waals surface area (Å²) >= 11 is 5.01. The molecule has 0 saturated carbocycles. The Hall–Kier alpha value is -1.47. The fraction of sp³-hybridized carbons (Fsp3) is 0.200. The summed E-state index contributed by atoms with van der Waals surface area (Å²) in [7, 11) is -1.37. The first-order chi connectivity index (χ1) is 7.89. The first kappa shape index (κ1) is 12.0. The Morgan fingerprint density at radius 3 is 2.29 bits per heavy atom. The van der Waals surface area contributed by atoms with Crippen LogP contribution in [0.25, 0.3) is 11.4 Å². The third kappa shape index (κ3) is 2.29. The van der Waals surface area contributed by atoms with Gasteiger partial charge in [0, 0.05) is 18.9 Å². The molecule has 7 heteroatoms. The summed E-state index contributed by atoms with van der Waals surface area (Å²) in [4.78, 5) is 0.290. The smallest absolute Gasteiger partial charge is 0.195 e. The number of H-pyrrole nitrogens is 1. The van der Waals surface area contributed by atoms with Crippen molar-refractivity contribution in [1.82, 2.24) is 14.8 Å². The zero-order valence-electron chi connectivity index (χ0n) is 9.34. The van der Waals surface area contributed by atoms with Crippen molar-refractivity contribution in [2.75, 3.05) is 6.26 Å².